The van der Waals surface area contributed by atoms with E-state index < -0.39 is 11.6 Å². The zero-order chi connectivity index (χ0) is 14.4. The second-order valence-electron chi connectivity index (χ2n) is 4.76. The molecule has 0 spiro atoms. The minimum Gasteiger partial charge on any atom is -0.492 e. The molecule has 1 heterocycles. The second-order valence-corrected chi connectivity index (χ2v) is 4.76. The number of nitrogens with one attached hydrogen (secondary N) is 2. The number of hydrogen-bond acceptors (Lipinski definition) is 3. The third kappa shape index (κ3) is 4.16. The maximum absolute atomic E-state index is 12.9. The lowest BCUT2D eigenvalue weighted by Crippen LogP contribution is -2.41. The fourth-order valence-corrected chi connectivity index (χ4v) is 2.13. The SMILES string of the molecule is O=C(NCCOc1ccc(F)c(F)c1)C1CCCNC1. The molecule has 4 nitrogen and oxygen atoms in total. The monoisotopic (exact) mass is 284 g/mol. The van der Waals surface area contributed by atoms with E-state index in [1.54, 1.807) is 0 Å². The molecule has 0 aromatic heterocycles. The normalized spacial score (nSPS) is 18.6. The average Bonchev–Trinajstić information content (AvgIpc) is 2.48. The standard InChI is InChI=1S/C14H18F2N2O2/c15-12-4-3-11(8-13(12)16)20-7-6-18-14(19)10-2-1-5-17-9-10/h3-4,8,10,17H,1-2,5-7,9H2,(H,18,19). The van der Waals surface area contributed by atoms with E-state index in [1.807, 2.05) is 0 Å². The summed E-state index contributed by atoms with van der Waals surface area (Å²) in [7, 11) is 0. The van der Waals surface area contributed by atoms with E-state index >= 15 is 0 Å². The number of ether oxygens (including phenoxy) is 1. The summed E-state index contributed by atoms with van der Waals surface area (Å²) in [5.74, 6) is -1.59. The molecule has 1 aromatic rings. The summed E-state index contributed by atoms with van der Waals surface area (Å²) < 4.78 is 30.9. The first-order chi connectivity index (χ1) is 9.66. The van der Waals surface area contributed by atoms with Crippen molar-refractivity contribution in [2.45, 2.75) is 12.8 Å². The molecule has 0 aliphatic carbocycles. The predicted octanol–water partition coefficient (Wildman–Crippen LogP) is 1.46. The van der Waals surface area contributed by atoms with Crippen LogP contribution in [0.4, 0.5) is 8.78 Å². The zero-order valence-corrected chi connectivity index (χ0v) is 11.1. The maximum Gasteiger partial charge on any atom is 0.224 e. The molecule has 0 saturated carbocycles. The predicted molar refractivity (Wildman–Crippen MR) is 70.5 cm³/mol. The summed E-state index contributed by atoms with van der Waals surface area (Å²) >= 11 is 0. The van der Waals surface area contributed by atoms with Crippen molar-refractivity contribution in [2.75, 3.05) is 26.2 Å². The van der Waals surface area contributed by atoms with Crippen LogP contribution in [0.5, 0.6) is 5.75 Å². The number of rotatable bonds is 5. The van der Waals surface area contributed by atoms with Crippen molar-refractivity contribution < 1.29 is 18.3 Å². The Bertz CT molecular complexity index is 462. The third-order valence-electron chi connectivity index (χ3n) is 3.23. The van der Waals surface area contributed by atoms with Crippen LogP contribution >= 0.6 is 0 Å². The molecule has 1 aromatic carbocycles. The number of amides is 1. The van der Waals surface area contributed by atoms with Crippen molar-refractivity contribution in [3.8, 4) is 5.75 Å². The van der Waals surface area contributed by atoms with Crippen molar-refractivity contribution in [1.82, 2.24) is 10.6 Å². The van der Waals surface area contributed by atoms with E-state index in [9.17, 15) is 13.6 Å². The molecule has 110 valence electrons. The largest absolute Gasteiger partial charge is 0.492 e. The molecule has 0 bridgehead atoms. The number of hydrogen-bond donors (Lipinski definition) is 2. The van der Waals surface area contributed by atoms with Gasteiger partial charge in [-0.25, -0.2) is 8.78 Å². The van der Waals surface area contributed by atoms with Crippen LogP contribution in [0.15, 0.2) is 18.2 Å². The van der Waals surface area contributed by atoms with Gasteiger partial charge in [0, 0.05) is 12.6 Å². The molecule has 0 radical (unpaired) electrons. The topological polar surface area (TPSA) is 50.4 Å². The van der Waals surface area contributed by atoms with Crippen LogP contribution in [-0.4, -0.2) is 32.1 Å². The minimum absolute atomic E-state index is 0.00564. The molecule has 2 rings (SSSR count). The highest BCUT2D eigenvalue weighted by atomic mass is 19.2. The maximum atomic E-state index is 12.9. The molecular weight excluding hydrogens is 266 g/mol. The first kappa shape index (κ1) is 14.7. The van der Waals surface area contributed by atoms with Crippen LogP contribution in [0.25, 0.3) is 0 Å². The van der Waals surface area contributed by atoms with Crippen LogP contribution in [0.2, 0.25) is 0 Å². The van der Waals surface area contributed by atoms with Crippen molar-refractivity contribution in [2.24, 2.45) is 5.92 Å². The van der Waals surface area contributed by atoms with Gasteiger partial charge in [0.1, 0.15) is 12.4 Å². The Hall–Kier alpha value is -1.69. The highest BCUT2D eigenvalue weighted by Gasteiger charge is 2.20. The lowest BCUT2D eigenvalue weighted by atomic mass is 9.99. The number of benzene rings is 1. The van der Waals surface area contributed by atoms with E-state index in [4.69, 9.17) is 4.74 Å². The summed E-state index contributed by atoms with van der Waals surface area (Å²) in [6, 6.07) is 3.35. The van der Waals surface area contributed by atoms with Crippen LogP contribution in [0.3, 0.4) is 0 Å². The van der Waals surface area contributed by atoms with Crippen LogP contribution in [0.1, 0.15) is 12.8 Å². The lowest BCUT2D eigenvalue weighted by molar-refractivity contribution is -0.125. The average molecular weight is 284 g/mol. The number of halogens is 2. The minimum atomic E-state index is -0.945. The van der Waals surface area contributed by atoms with Crippen LogP contribution in [-0.2, 0) is 4.79 Å². The van der Waals surface area contributed by atoms with Gasteiger partial charge in [-0.15, -0.1) is 0 Å². The molecule has 1 aliphatic heterocycles. The smallest absolute Gasteiger partial charge is 0.224 e. The molecule has 1 atom stereocenters. The van der Waals surface area contributed by atoms with Gasteiger partial charge < -0.3 is 15.4 Å². The zero-order valence-electron chi connectivity index (χ0n) is 11.1. The van der Waals surface area contributed by atoms with Crippen molar-refractivity contribution in [3.63, 3.8) is 0 Å². The first-order valence-electron chi connectivity index (χ1n) is 6.73. The van der Waals surface area contributed by atoms with E-state index in [2.05, 4.69) is 10.6 Å². The van der Waals surface area contributed by atoms with E-state index in [1.165, 1.54) is 6.07 Å². The Labute approximate surface area is 116 Å². The Morgan fingerprint density at radius 1 is 1.40 bits per heavy atom. The lowest BCUT2D eigenvalue weighted by Gasteiger charge is -2.21. The molecule has 20 heavy (non-hydrogen) atoms. The quantitative estimate of drug-likeness (QED) is 0.805. The third-order valence-corrected chi connectivity index (χ3v) is 3.23. The van der Waals surface area contributed by atoms with E-state index in [-0.39, 0.29) is 24.2 Å². The summed E-state index contributed by atoms with van der Waals surface area (Å²) in [4.78, 5) is 11.8. The highest BCUT2D eigenvalue weighted by Crippen LogP contribution is 2.15. The summed E-state index contributed by atoms with van der Waals surface area (Å²) in [6.45, 7) is 2.23. The summed E-state index contributed by atoms with van der Waals surface area (Å²) in [5.41, 5.74) is 0. The molecule has 1 fully saturated rings. The summed E-state index contributed by atoms with van der Waals surface area (Å²) in [6.07, 6.45) is 1.90. The molecule has 1 amide bonds. The Morgan fingerprint density at radius 3 is 2.95 bits per heavy atom. The van der Waals surface area contributed by atoms with Crippen molar-refractivity contribution >= 4 is 5.91 Å². The van der Waals surface area contributed by atoms with Crippen LogP contribution in [0, 0.1) is 17.6 Å². The Kier molecular flexibility index (Phi) is 5.29. The van der Waals surface area contributed by atoms with Gasteiger partial charge in [0.25, 0.3) is 0 Å². The van der Waals surface area contributed by atoms with Gasteiger partial charge in [-0.3, -0.25) is 4.79 Å². The molecule has 1 unspecified atom stereocenters. The number of carbonyl (C=O) groups excluding carboxylic acids is 1. The molecule has 2 N–H and O–H groups in total. The highest BCUT2D eigenvalue weighted by molar-refractivity contribution is 5.78. The second kappa shape index (κ2) is 7.19. The van der Waals surface area contributed by atoms with Gasteiger partial charge in [0.05, 0.1) is 12.5 Å². The van der Waals surface area contributed by atoms with Gasteiger partial charge in [-0.05, 0) is 31.5 Å². The van der Waals surface area contributed by atoms with Crippen molar-refractivity contribution in [1.29, 1.82) is 0 Å². The van der Waals surface area contributed by atoms with Crippen molar-refractivity contribution in [3.05, 3.63) is 29.8 Å². The van der Waals surface area contributed by atoms with Gasteiger partial charge in [-0.2, -0.15) is 0 Å². The van der Waals surface area contributed by atoms with E-state index in [0.717, 1.165) is 31.5 Å². The van der Waals surface area contributed by atoms with E-state index in [0.29, 0.717) is 13.1 Å². The molecule has 6 heteroatoms. The Morgan fingerprint density at radius 2 is 2.25 bits per heavy atom. The molecule has 1 saturated heterocycles. The fourth-order valence-electron chi connectivity index (χ4n) is 2.13. The molecule has 1 aliphatic rings. The number of carbonyl (C=O) groups is 1. The van der Waals surface area contributed by atoms with Crippen LogP contribution < -0.4 is 15.4 Å². The van der Waals surface area contributed by atoms with Gasteiger partial charge in [0.2, 0.25) is 5.91 Å². The number of piperidine rings is 1. The molecular formula is C14H18F2N2O2. The van der Waals surface area contributed by atoms with Gasteiger partial charge >= 0.3 is 0 Å². The van der Waals surface area contributed by atoms with Gasteiger partial charge in [0.15, 0.2) is 11.6 Å². The van der Waals surface area contributed by atoms with Gasteiger partial charge in [-0.1, -0.05) is 0 Å². The fraction of sp³-hybridized carbons (Fsp3) is 0.500. The Balaban J connectivity index is 1.68. The summed E-state index contributed by atoms with van der Waals surface area (Å²) in [5, 5.41) is 5.95. The first-order valence-corrected chi connectivity index (χ1v) is 6.73.